The molecule has 4 aliphatic carbocycles. The van der Waals surface area contributed by atoms with Crippen molar-refractivity contribution in [3.8, 4) is 0 Å². The zero-order chi connectivity index (χ0) is 13.0. The van der Waals surface area contributed by atoms with Gasteiger partial charge in [-0.15, -0.1) is 0 Å². The van der Waals surface area contributed by atoms with Crippen LogP contribution in [0.2, 0.25) is 0 Å². The standard InChI is InChI=1S/C17H30N2/c1-17(18)2-4-19(5-3-17)11-16-14-7-12-6-13(9-14)10-15(16)8-12/h12-16H,2-11,18H2,1H3. The summed E-state index contributed by atoms with van der Waals surface area (Å²) in [5.41, 5.74) is 6.37. The van der Waals surface area contributed by atoms with Crippen molar-refractivity contribution >= 4 is 0 Å². The third-order valence-electron chi connectivity index (χ3n) is 6.89. The molecule has 4 saturated carbocycles. The highest BCUT2D eigenvalue weighted by atomic mass is 15.1. The van der Waals surface area contributed by atoms with Gasteiger partial charge in [0.25, 0.3) is 0 Å². The Balaban J connectivity index is 1.38. The van der Waals surface area contributed by atoms with Crippen molar-refractivity contribution in [2.75, 3.05) is 19.6 Å². The van der Waals surface area contributed by atoms with Crippen molar-refractivity contribution in [1.82, 2.24) is 4.90 Å². The van der Waals surface area contributed by atoms with Gasteiger partial charge in [0.05, 0.1) is 0 Å². The summed E-state index contributed by atoms with van der Waals surface area (Å²) in [6.45, 7) is 6.11. The molecule has 5 fully saturated rings. The van der Waals surface area contributed by atoms with Crippen LogP contribution in [0, 0.1) is 29.6 Å². The monoisotopic (exact) mass is 262 g/mol. The van der Waals surface area contributed by atoms with Gasteiger partial charge in [-0.1, -0.05) is 0 Å². The number of rotatable bonds is 2. The van der Waals surface area contributed by atoms with E-state index in [-0.39, 0.29) is 5.54 Å². The van der Waals surface area contributed by atoms with Gasteiger partial charge in [0.1, 0.15) is 0 Å². The van der Waals surface area contributed by atoms with Gasteiger partial charge in [-0.25, -0.2) is 0 Å². The summed E-state index contributed by atoms with van der Waals surface area (Å²) in [6, 6.07) is 0. The Kier molecular flexibility index (Phi) is 2.97. The highest BCUT2D eigenvalue weighted by Gasteiger charge is 2.48. The lowest BCUT2D eigenvalue weighted by molar-refractivity contribution is -0.0521. The molecule has 5 aliphatic rings. The fourth-order valence-electron chi connectivity index (χ4n) is 5.88. The second-order valence-corrected chi connectivity index (χ2v) is 8.55. The summed E-state index contributed by atoms with van der Waals surface area (Å²) >= 11 is 0. The van der Waals surface area contributed by atoms with Crippen LogP contribution >= 0.6 is 0 Å². The Bertz CT molecular complexity index is 311. The van der Waals surface area contributed by atoms with Gasteiger partial charge in [-0.2, -0.15) is 0 Å². The van der Waals surface area contributed by atoms with E-state index in [1.165, 1.54) is 32.5 Å². The summed E-state index contributed by atoms with van der Waals surface area (Å²) < 4.78 is 0. The molecule has 1 saturated heterocycles. The lowest BCUT2D eigenvalue weighted by Crippen LogP contribution is -2.53. The Morgan fingerprint density at radius 3 is 2.00 bits per heavy atom. The second-order valence-electron chi connectivity index (χ2n) is 8.55. The summed E-state index contributed by atoms with van der Waals surface area (Å²) in [5.74, 6) is 5.44. The molecule has 0 aromatic carbocycles. The van der Waals surface area contributed by atoms with Crippen molar-refractivity contribution in [3.05, 3.63) is 0 Å². The van der Waals surface area contributed by atoms with E-state index in [2.05, 4.69) is 11.8 Å². The van der Waals surface area contributed by atoms with E-state index in [0.717, 1.165) is 29.6 Å². The molecule has 4 bridgehead atoms. The van der Waals surface area contributed by atoms with Gasteiger partial charge in [0, 0.05) is 12.1 Å². The van der Waals surface area contributed by atoms with Crippen LogP contribution in [-0.4, -0.2) is 30.1 Å². The minimum absolute atomic E-state index is 0.112. The van der Waals surface area contributed by atoms with Crippen LogP contribution in [0.5, 0.6) is 0 Å². The summed E-state index contributed by atoms with van der Waals surface area (Å²) in [5, 5.41) is 0. The second kappa shape index (κ2) is 4.46. The molecule has 1 heterocycles. The molecule has 0 aromatic rings. The fraction of sp³-hybridized carbons (Fsp3) is 1.00. The predicted octanol–water partition coefficient (Wildman–Crippen LogP) is 2.87. The average Bonchev–Trinajstić information content (AvgIpc) is 2.35. The van der Waals surface area contributed by atoms with E-state index >= 15 is 0 Å². The first kappa shape index (κ1) is 12.6. The molecule has 0 spiro atoms. The van der Waals surface area contributed by atoms with Crippen molar-refractivity contribution in [3.63, 3.8) is 0 Å². The zero-order valence-corrected chi connectivity index (χ0v) is 12.5. The van der Waals surface area contributed by atoms with Crippen LogP contribution in [0.15, 0.2) is 0 Å². The number of likely N-dealkylation sites (tertiary alicyclic amines) is 1. The molecule has 0 amide bonds. The van der Waals surface area contributed by atoms with Crippen LogP contribution in [0.4, 0.5) is 0 Å². The Morgan fingerprint density at radius 1 is 0.947 bits per heavy atom. The summed E-state index contributed by atoms with van der Waals surface area (Å²) in [7, 11) is 0. The molecule has 108 valence electrons. The number of piperidine rings is 1. The molecular formula is C17H30N2. The number of hydrogen-bond acceptors (Lipinski definition) is 2. The van der Waals surface area contributed by atoms with Gasteiger partial charge < -0.3 is 10.6 Å². The molecule has 5 rings (SSSR count). The molecule has 0 unspecified atom stereocenters. The minimum Gasteiger partial charge on any atom is -0.325 e. The van der Waals surface area contributed by atoms with Crippen molar-refractivity contribution < 1.29 is 0 Å². The lowest BCUT2D eigenvalue weighted by atomic mass is 9.52. The van der Waals surface area contributed by atoms with Crippen molar-refractivity contribution in [1.29, 1.82) is 0 Å². The SMILES string of the molecule is CC1(N)CCN(CC2C3CC4CC(C3)CC2C4)CC1. The molecule has 2 N–H and O–H groups in total. The number of nitrogens with two attached hydrogens (primary N) is 1. The van der Waals surface area contributed by atoms with Crippen LogP contribution < -0.4 is 5.73 Å². The maximum atomic E-state index is 6.26. The van der Waals surface area contributed by atoms with Gasteiger partial charge >= 0.3 is 0 Å². The van der Waals surface area contributed by atoms with Crippen LogP contribution in [-0.2, 0) is 0 Å². The van der Waals surface area contributed by atoms with Gasteiger partial charge in [0.2, 0.25) is 0 Å². The minimum atomic E-state index is 0.112. The molecular weight excluding hydrogens is 232 g/mol. The van der Waals surface area contributed by atoms with Gasteiger partial charge in [-0.05, 0) is 94.5 Å². The Labute approximate surface area is 118 Å². The Hall–Kier alpha value is -0.0800. The maximum Gasteiger partial charge on any atom is 0.0150 e. The molecule has 0 aromatic heterocycles. The first-order valence-corrected chi connectivity index (χ1v) is 8.60. The third-order valence-corrected chi connectivity index (χ3v) is 6.89. The van der Waals surface area contributed by atoms with Crippen molar-refractivity contribution in [2.45, 2.75) is 57.4 Å². The highest BCUT2D eigenvalue weighted by Crippen LogP contribution is 2.56. The van der Waals surface area contributed by atoms with Gasteiger partial charge in [0.15, 0.2) is 0 Å². The first-order valence-electron chi connectivity index (χ1n) is 8.60. The molecule has 0 radical (unpaired) electrons. The van der Waals surface area contributed by atoms with Crippen molar-refractivity contribution in [2.24, 2.45) is 35.3 Å². The Morgan fingerprint density at radius 2 is 1.47 bits per heavy atom. The number of hydrogen-bond donors (Lipinski definition) is 1. The first-order chi connectivity index (χ1) is 9.09. The molecule has 2 heteroatoms. The number of nitrogens with zero attached hydrogens (tertiary/aromatic N) is 1. The highest BCUT2D eigenvalue weighted by molar-refractivity contribution is 4.99. The van der Waals surface area contributed by atoms with E-state index in [1.54, 1.807) is 32.1 Å². The average molecular weight is 262 g/mol. The van der Waals surface area contributed by atoms with E-state index in [1.807, 2.05) is 0 Å². The molecule has 19 heavy (non-hydrogen) atoms. The molecule has 0 atom stereocenters. The molecule has 2 nitrogen and oxygen atoms in total. The van der Waals surface area contributed by atoms with Gasteiger partial charge in [-0.3, -0.25) is 0 Å². The third kappa shape index (κ3) is 2.35. The normalized spacial score (nSPS) is 48.6. The fourth-order valence-corrected chi connectivity index (χ4v) is 5.88. The van der Waals surface area contributed by atoms with Crippen LogP contribution in [0.1, 0.15) is 51.9 Å². The topological polar surface area (TPSA) is 29.3 Å². The van der Waals surface area contributed by atoms with E-state index < -0.39 is 0 Å². The largest absolute Gasteiger partial charge is 0.325 e. The van der Waals surface area contributed by atoms with Crippen LogP contribution in [0.3, 0.4) is 0 Å². The lowest BCUT2D eigenvalue weighted by Gasteiger charge is -2.55. The molecule has 1 aliphatic heterocycles. The van der Waals surface area contributed by atoms with E-state index in [0.29, 0.717) is 0 Å². The van der Waals surface area contributed by atoms with E-state index in [9.17, 15) is 0 Å². The summed E-state index contributed by atoms with van der Waals surface area (Å²) in [4.78, 5) is 2.74. The van der Waals surface area contributed by atoms with E-state index in [4.69, 9.17) is 5.73 Å². The zero-order valence-electron chi connectivity index (χ0n) is 12.5. The quantitative estimate of drug-likeness (QED) is 0.829. The smallest absolute Gasteiger partial charge is 0.0150 e. The van der Waals surface area contributed by atoms with Crippen LogP contribution in [0.25, 0.3) is 0 Å². The summed E-state index contributed by atoms with van der Waals surface area (Å²) in [6.07, 6.45) is 10.2. The maximum absolute atomic E-state index is 6.26. The predicted molar refractivity (Wildman–Crippen MR) is 78.8 cm³/mol.